The molecule has 0 aliphatic carbocycles. The molecule has 2 aromatic heterocycles. The molecule has 0 spiro atoms. The monoisotopic (exact) mass is 286 g/mol. The van der Waals surface area contributed by atoms with Gasteiger partial charge in [0.15, 0.2) is 0 Å². The Morgan fingerprint density at radius 1 is 1.20 bits per heavy atom. The molecule has 3 nitrogen and oxygen atoms in total. The molecule has 4 heteroatoms. The second-order valence-electron chi connectivity index (χ2n) is 4.38. The van der Waals surface area contributed by atoms with Gasteiger partial charge in [-0.3, -0.25) is 9.88 Å². The Bertz CT molecular complexity index is 583. The van der Waals surface area contributed by atoms with Crippen LogP contribution in [0.5, 0.6) is 0 Å². The molecule has 0 bridgehead atoms. The fourth-order valence-electron chi connectivity index (χ4n) is 1.90. The zero-order valence-corrected chi connectivity index (χ0v) is 12.4. The highest BCUT2D eigenvalue weighted by Crippen LogP contribution is 2.18. The van der Waals surface area contributed by atoms with Crippen LogP contribution < -0.4 is 0 Å². The zero-order valence-electron chi connectivity index (χ0n) is 11.5. The topological polar surface area (TPSA) is 36.4 Å². The number of aromatic nitrogens is 1. The Balaban J connectivity index is 1.97. The van der Waals surface area contributed by atoms with Crippen molar-refractivity contribution in [1.29, 1.82) is 0 Å². The van der Waals surface area contributed by atoms with Crippen LogP contribution in [0.25, 0.3) is 0 Å². The third-order valence-electron chi connectivity index (χ3n) is 2.93. The number of hydrogen-bond donors (Lipinski definition) is 1. The van der Waals surface area contributed by atoms with E-state index in [1.807, 2.05) is 18.5 Å². The predicted molar refractivity (Wildman–Crippen MR) is 82.3 cm³/mol. The molecule has 0 unspecified atom stereocenters. The van der Waals surface area contributed by atoms with Crippen LogP contribution in [0.4, 0.5) is 0 Å². The van der Waals surface area contributed by atoms with Crippen LogP contribution in [0.15, 0.2) is 36.7 Å². The largest absolute Gasteiger partial charge is 0.384 e. The highest BCUT2D eigenvalue weighted by atomic mass is 32.1. The smallest absolute Gasteiger partial charge is 0.104 e. The van der Waals surface area contributed by atoms with Gasteiger partial charge in [0, 0.05) is 30.4 Å². The average Bonchev–Trinajstić information content (AvgIpc) is 2.93. The summed E-state index contributed by atoms with van der Waals surface area (Å²) in [5, 5.41) is 8.70. The lowest BCUT2D eigenvalue weighted by atomic mass is 10.2. The normalized spacial score (nSPS) is 10.3. The van der Waals surface area contributed by atoms with Crippen molar-refractivity contribution >= 4 is 11.3 Å². The van der Waals surface area contributed by atoms with Crippen LogP contribution in [0.1, 0.15) is 22.2 Å². The molecule has 0 fully saturated rings. The van der Waals surface area contributed by atoms with Gasteiger partial charge >= 0.3 is 0 Å². The maximum absolute atomic E-state index is 8.70. The molecule has 0 amide bonds. The Hall–Kier alpha value is -1.67. The minimum atomic E-state index is -0.0869. The van der Waals surface area contributed by atoms with E-state index in [1.165, 1.54) is 10.4 Å². The minimum absolute atomic E-state index is 0.0869. The molecule has 0 radical (unpaired) electrons. The maximum atomic E-state index is 8.70. The van der Waals surface area contributed by atoms with Crippen molar-refractivity contribution in [1.82, 2.24) is 9.88 Å². The standard InChI is InChI=1S/C16H18N2OS/c1-2-18(12-14-7-9-17-10-8-14)13-16-6-5-15(20-16)4-3-11-19/h5-10,19H,2,11-13H2,1H3. The third kappa shape index (κ3) is 4.46. The second-order valence-corrected chi connectivity index (χ2v) is 5.55. The van der Waals surface area contributed by atoms with E-state index in [9.17, 15) is 0 Å². The van der Waals surface area contributed by atoms with Crippen molar-refractivity contribution in [3.63, 3.8) is 0 Å². The number of hydrogen-bond acceptors (Lipinski definition) is 4. The first-order valence-corrected chi connectivity index (χ1v) is 7.43. The molecule has 0 aliphatic rings. The van der Waals surface area contributed by atoms with Crippen molar-refractivity contribution in [2.75, 3.05) is 13.2 Å². The molecule has 2 rings (SSSR count). The SMILES string of the molecule is CCN(Cc1ccncc1)Cc1ccc(C#CCO)s1. The average molecular weight is 286 g/mol. The number of pyridine rings is 1. The van der Waals surface area contributed by atoms with Gasteiger partial charge in [-0.15, -0.1) is 11.3 Å². The second kappa shape index (κ2) is 7.81. The van der Waals surface area contributed by atoms with E-state index in [4.69, 9.17) is 5.11 Å². The van der Waals surface area contributed by atoms with Crippen LogP contribution in [0.3, 0.4) is 0 Å². The first-order valence-electron chi connectivity index (χ1n) is 6.61. The van der Waals surface area contributed by atoms with Crippen LogP contribution in [0.2, 0.25) is 0 Å². The maximum Gasteiger partial charge on any atom is 0.104 e. The van der Waals surface area contributed by atoms with Gasteiger partial charge in [0.05, 0.1) is 4.88 Å². The highest BCUT2D eigenvalue weighted by molar-refractivity contribution is 7.12. The molecule has 0 atom stereocenters. The van der Waals surface area contributed by atoms with Gasteiger partial charge in [-0.05, 0) is 36.4 Å². The molecule has 104 valence electrons. The van der Waals surface area contributed by atoms with E-state index >= 15 is 0 Å². The van der Waals surface area contributed by atoms with Crippen molar-refractivity contribution in [3.8, 4) is 11.8 Å². The zero-order chi connectivity index (χ0) is 14.2. The summed E-state index contributed by atoms with van der Waals surface area (Å²) in [6.07, 6.45) is 3.66. The summed E-state index contributed by atoms with van der Waals surface area (Å²) < 4.78 is 0. The first-order chi connectivity index (χ1) is 9.81. The summed E-state index contributed by atoms with van der Waals surface area (Å²) in [6, 6.07) is 8.23. The molecule has 2 heterocycles. The summed E-state index contributed by atoms with van der Waals surface area (Å²) >= 11 is 1.69. The van der Waals surface area contributed by atoms with E-state index in [1.54, 1.807) is 11.3 Å². The lowest BCUT2D eigenvalue weighted by molar-refractivity contribution is 0.274. The number of aliphatic hydroxyl groups is 1. The van der Waals surface area contributed by atoms with Gasteiger partial charge < -0.3 is 5.11 Å². The Morgan fingerprint density at radius 2 is 2.00 bits per heavy atom. The first kappa shape index (κ1) is 14.7. The summed E-state index contributed by atoms with van der Waals surface area (Å²) in [7, 11) is 0. The van der Waals surface area contributed by atoms with Gasteiger partial charge in [-0.1, -0.05) is 18.8 Å². The molecule has 0 aromatic carbocycles. The lowest BCUT2D eigenvalue weighted by Crippen LogP contribution is -2.21. The number of aliphatic hydroxyl groups excluding tert-OH is 1. The molecule has 0 saturated carbocycles. The van der Waals surface area contributed by atoms with Crippen molar-refractivity contribution in [2.45, 2.75) is 20.0 Å². The van der Waals surface area contributed by atoms with Crippen LogP contribution in [0, 0.1) is 11.8 Å². The van der Waals surface area contributed by atoms with Crippen LogP contribution in [-0.4, -0.2) is 28.1 Å². The van der Waals surface area contributed by atoms with Gasteiger partial charge in [-0.2, -0.15) is 0 Å². The Kier molecular flexibility index (Phi) is 5.75. The van der Waals surface area contributed by atoms with E-state index in [0.29, 0.717) is 0 Å². The number of nitrogens with zero attached hydrogens (tertiary/aromatic N) is 2. The summed E-state index contributed by atoms with van der Waals surface area (Å²) in [6.45, 7) is 4.92. The lowest BCUT2D eigenvalue weighted by Gasteiger charge is -2.19. The van der Waals surface area contributed by atoms with Crippen molar-refractivity contribution in [3.05, 3.63) is 52.0 Å². The Morgan fingerprint density at radius 3 is 2.70 bits per heavy atom. The molecule has 20 heavy (non-hydrogen) atoms. The van der Waals surface area contributed by atoms with Gasteiger partial charge in [0.1, 0.15) is 6.61 Å². The summed E-state index contributed by atoms with van der Waals surface area (Å²) in [4.78, 5) is 8.72. The molecular weight excluding hydrogens is 268 g/mol. The molecule has 0 saturated heterocycles. The molecule has 1 N–H and O–H groups in total. The fourth-order valence-corrected chi connectivity index (χ4v) is 2.83. The predicted octanol–water partition coefficient (Wildman–Crippen LogP) is 2.51. The van der Waals surface area contributed by atoms with Gasteiger partial charge in [-0.25, -0.2) is 0 Å². The summed E-state index contributed by atoms with van der Waals surface area (Å²) in [5.74, 6) is 5.63. The van der Waals surface area contributed by atoms with Gasteiger partial charge in [0.2, 0.25) is 0 Å². The molecular formula is C16H18N2OS. The summed E-state index contributed by atoms with van der Waals surface area (Å²) in [5.41, 5.74) is 1.28. The number of thiophene rings is 1. The van der Waals surface area contributed by atoms with Crippen molar-refractivity contribution < 1.29 is 5.11 Å². The van der Waals surface area contributed by atoms with Crippen molar-refractivity contribution in [2.24, 2.45) is 0 Å². The number of rotatable bonds is 5. The quantitative estimate of drug-likeness (QED) is 0.858. The highest BCUT2D eigenvalue weighted by Gasteiger charge is 2.06. The molecule has 0 aliphatic heterocycles. The van der Waals surface area contributed by atoms with E-state index in [2.05, 4.69) is 46.8 Å². The molecule has 2 aromatic rings. The van der Waals surface area contributed by atoms with Crippen LogP contribution >= 0.6 is 11.3 Å². The Labute approximate surface area is 123 Å². The van der Waals surface area contributed by atoms with Crippen LogP contribution in [-0.2, 0) is 13.1 Å². The fraction of sp³-hybridized carbons (Fsp3) is 0.312. The van der Waals surface area contributed by atoms with E-state index in [0.717, 1.165) is 24.5 Å². The van der Waals surface area contributed by atoms with Gasteiger partial charge in [0.25, 0.3) is 0 Å². The van der Waals surface area contributed by atoms with E-state index < -0.39 is 0 Å². The third-order valence-corrected chi connectivity index (χ3v) is 3.92. The van der Waals surface area contributed by atoms with E-state index in [-0.39, 0.29) is 6.61 Å². The minimum Gasteiger partial charge on any atom is -0.384 e.